The van der Waals surface area contributed by atoms with Gasteiger partial charge in [0.1, 0.15) is 29.7 Å². The highest BCUT2D eigenvalue weighted by Crippen LogP contribution is 2.25. The van der Waals surface area contributed by atoms with Crippen molar-refractivity contribution in [1.29, 1.82) is 5.26 Å². The van der Waals surface area contributed by atoms with Crippen LogP contribution < -0.4 is 14.8 Å². The van der Waals surface area contributed by atoms with Gasteiger partial charge in [-0.1, -0.05) is 17.5 Å². The summed E-state index contributed by atoms with van der Waals surface area (Å²) >= 11 is 5.99. The lowest BCUT2D eigenvalue weighted by atomic mass is 10.1. The third kappa shape index (κ3) is 5.04. The Hall–Kier alpha value is -3.41. The SMILES string of the molecule is C#CCOc1ccc(Cl)cc1/C=C(\C#N)C(=O)Nc1ccc(OC)cc1. The molecule has 0 aliphatic rings. The van der Waals surface area contributed by atoms with E-state index in [2.05, 4.69) is 11.2 Å². The summed E-state index contributed by atoms with van der Waals surface area (Å²) in [6, 6.07) is 13.5. The van der Waals surface area contributed by atoms with E-state index in [0.717, 1.165) is 0 Å². The Morgan fingerprint density at radius 2 is 2.04 bits per heavy atom. The van der Waals surface area contributed by atoms with Gasteiger partial charge in [0, 0.05) is 16.3 Å². The highest BCUT2D eigenvalue weighted by Gasteiger charge is 2.12. The number of amides is 1. The van der Waals surface area contributed by atoms with E-state index in [0.29, 0.717) is 27.8 Å². The summed E-state index contributed by atoms with van der Waals surface area (Å²) in [5.41, 5.74) is 0.912. The predicted octanol–water partition coefficient (Wildman–Crippen LogP) is 3.91. The molecule has 0 fully saturated rings. The van der Waals surface area contributed by atoms with Gasteiger partial charge in [0.05, 0.1) is 7.11 Å². The van der Waals surface area contributed by atoms with Crippen LogP contribution in [0.25, 0.3) is 6.08 Å². The van der Waals surface area contributed by atoms with Crippen molar-refractivity contribution in [2.24, 2.45) is 0 Å². The number of benzene rings is 2. The molecule has 0 unspecified atom stereocenters. The number of halogens is 1. The number of methoxy groups -OCH3 is 1. The molecule has 0 aromatic heterocycles. The molecule has 130 valence electrons. The first-order valence-corrected chi connectivity index (χ1v) is 7.88. The van der Waals surface area contributed by atoms with Crippen molar-refractivity contribution in [3.8, 4) is 29.9 Å². The molecule has 0 bridgehead atoms. The van der Waals surface area contributed by atoms with Crippen LogP contribution in [0.5, 0.6) is 11.5 Å². The van der Waals surface area contributed by atoms with Crippen molar-refractivity contribution in [2.75, 3.05) is 19.0 Å². The topological polar surface area (TPSA) is 71.3 Å². The van der Waals surface area contributed by atoms with E-state index < -0.39 is 5.91 Å². The van der Waals surface area contributed by atoms with Gasteiger partial charge in [-0.2, -0.15) is 5.26 Å². The maximum absolute atomic E-state index is 12.4. The van der Waals surface area contributed by atoms with Gasteiger partial charge in [-0.15, -0.1) is 6.42 Å². The highest BCUT2D eigenvalue weighted by atomic mass is 35.5. The summed E-state index contributed by atoms with van der Waals surface area (Å²) in [4.78, 5) is 12.4. The van der Waals surface area contributed by atoms with Crippen LogP contribution in [0.2, 0.25) is 5.02 Å². The molecule has 0 aliphatic carbocycles. The summed E-state index contributed by atoms with van der Waals surface area (Å²) in [6.45, 7) is 0.0579. The lowest BCUT2D eigenvalue weighted by molar-refractivity contribution is -0.112. The number of carbonyl (C=O) groups excluding carboxylic acids is 1. The predicted molar refractivity (Wildman–Crippen MR) is 101 cm³/mol. The van der Waals surface area contributed by atoms with Crippen molar-refractivity contribution >= 4 is 29.3 Å². The molecule has 0 radical (unpaired) electrons. The number of nitriles is 1. The standard InChI is InChI=1S/C20H15ClN2O3/c1-3-10-26-19-9-4-16(21)12-14(19)11-15(13-22)20(24)23-17-5-7-18(25-2)8-6-17/h1,4-9,11-12H,10H2,2H3,(H,23,24)/b15-11+. The van der Waals surface area contributed by atoms with Gasteiger partial charge in [0.25, 0.3) is 5.91 Å². The zero-order valence-electron chi connectivity index (χ0n) is 14.0. The summed E-state index contributed by atoms with van der Waals surface area (Å²) < 4.78 is 10.5. The minimum absolute atomic E-state index is 0.0579. The van der Waals surface area contributed by atoms with Crippen LogP contribution in [0.15, 0.2) is 48.0 Å². The normalized spacial score (nSPS) is 10.4. The molecule has 0 spiro atoms. The molecule has 26 heavy (non-hydrogen) atoms. The van der Waals surface area contributed by atoms with Crippen molar-refractivity contribution in [1.82, 2.24) is 0 Å². The summed E-state index contributed by atoms with van der Waals surface area (Å²) in [5, 5.41) is 12.4. The zero-order chi connectivity index (χ0) is 18.9. The molecule has 1 N–H and O–H groups in total. The van der Waals surface area contributed by atoms with Gasteiger partial charge in [-0.25, -0.2) is 0 Å². The number of nitrogens with one attached hydrogen (secondary N) is 1. The molecule has 2 aromatic carbocycles. The molecule has 6 heteroatoms. The van der Waals surface area contributed by atoms with Gasteiger partial charge in [0.15, 0.2) is 0 Å². The van der Waals surface area contributed by atoms with E-state index in [1.54, 1.807) is 49.6 Å². The third-order valence-corrected chi connectivity index (χ3v) is 3.53. The van der Waals surface area contributed by atoms with Crippen LogP contribution in [0.3, 0.4) is 0 Å². The van der Waals surface area contributed by atoms with E-state index in [1.165, 1.54) is 6.08 Å². The Kier molecular flexibility index (Phi) is 6.68. The maximum Gasteiger partial charge on any atom is 0.266 e. The quantitative estimate of drug-likeness (QED) is 0.478. The Labute approximate surface area is 156 Å². The van der Waals surface area contributed by atoms with Gasteiger partial charge in [-0.05, 0) is 48.5 Å². The highest BCUT2D eigenvalue weighted by molar-refractivity contribution is 6.30. The smallest absolute Gasteiger partial charge is 0.266 e. The monoisotopic (exact) mass is 366 g/mol. The fourth-order valence-electron chi connectivity index (χ4n) is 2.06. The number of hydrogen-bond acceptors (Lipinski definition) is 4. The fraction of sp³-hybridized carbons (Fsp3) is 0.100. The molecule has 0 aliphatic heterocycles. The van der Waals surface area contributed by atoms with Crippen molar-refractivity contribution in [3.63, 3.8) is 0 Å². The van der Waals surface area contributed by atoms with Gasteiger partial charge in [-0.3, -0.25) is 4.79 Å². The van der Waals surface area contributed by atoms with Gasteiger partial charge in [0.2, 0.25) is 0 Å². The van der Waals surface area contributed by atoms with E-state index in [4.69, 9.17) is 27.5 Å². The van der Waals surface area contributed by atoms with Crippen LogP contribution in [0.4, 0.5) is 5.69 Å². The number of terminal acetylenes is 1. The van der Waals surface area contributed by atoms with Gasteiger partial charge < -0.3 is 14.8 Å². The van der Waals surface area contributed by atoms with Crippen molar-refractivity contribution in [2.45, 2.75) is 0 Å². The molecule has 0 heterocycles. The zero-order valence-corrected chi connectivity index (χ0v) is 14.7. The van der Waals surface area contributed by atoms with Crippen molar-refractivity contribution in [3.05, 3.63) is 58.6 Å². The number of rotatable bonds is 6. The number of hydrogen-bond donors (Lipinski definition) is 1. The third-order valence-electron chi connectivity index (χ3n) is 3.30. The largest absolute Gasteiger partial charge is 0.497 e. The summed E-state index contributed by atoms with van der Waals surface area (Å²) in [7, 11) is 1.55. The maximum atomic E-state index is 12.4. The van der Waals surface area contributed by atoms with E-state index in [1.807, 2.05) is 6.07 Å². The van der Waals surface area contributed by atoms with E-state index >= 15 is 0 Å². The molecule has 2 rings (SSSR count). The van der Waals surface area contributed by atoms with E-state index in [-0.39, 0.29) is 12.2 Å². The number of anilines is 1. The average Bonchev–Trinajstić information content (AvgIpc) is 2.65. The van der Waals surface area contributed by atoms with Crippen LogP contribution in [-0.2, 0) is 4.79 Å². The lowest BCUT2D eigenvalue weighted by Crippen LogP contribution is -2.13. The first-order valence-electron chi connectivity index (χ1n) is 7.50. The Morgan fingerprint density at radius 1 is 1.31 bits per heavy atom. The molecular formula is C20H15ClN2O3. The molecule has 2 aromatic rings. The lowest BCUT2D eigenvalue weighted by Gasteiger charge is -2.08. The van der Waals surface area contributed by atoms with Crippen LogP contribution in [0, 0.1) is 23.7 Å². The van der Waals surface area contributed by atoms with Crippen molar-refractivity contribution < 1.29 is 14.3 Å². The van der Waals surface area contributed by atoms with Crippen LogP contribution >= 0.6 is 11.6 Å². The number of nitrogens with zero attached hydrogens (tertiary/aromatic N) is 1. The molecule has 0 saturated carbocycles. The first-order chi connectivity index (χ1) is 12.6. The second-order valence-electron chi connectivity index (χ2n) is 5.03. The molecule has 0 atom stereocenters. The molecule has 1 amide bonds. The van der Waals surface area contributed by atoms with Crippen LogP contribution in [0.1, 0.15) is 5.56 Å². The fourth-order valence-corrected chi connectivity index (χ4v) is 2.24. The van der Waals surface area contributed by atoms with Gasteiger partial charge >= 0.3 is 0 Å². The minimum atomic E-state index is -0.555. The first kappa shape index (κ1) is 18.9. The van der Waals surface area contributed by atoms with Crippen LogP contribution in [-0.4, -0.2) is 19.6 Å². The Bertz CT molecular complexity index is 906. The summed E-state index contributed by atoms with van der Waals surface area (Å²) in [5.74, 6) is 2.89. The second-order valence-corrected chi connectivity index (χ2v) is 5.46. The Morgan fingerprint density at radius 3 is 2.65 bits per heavy atom. The molecular weight excluding hydrogens is 352 g/mol. The summed E-state index contributed by atoms with van der Waals surface area (Å²) in [6.07, 6.45) is 6.60. The number of ether oxygens (including phenoxy) is 2. The molecule has 0 saturated heterocycles. The minimum Gasteiger partial charge on any atom is -0.497 e. The van der Waals surface area contributed by atoms with E-state index in [9.17, 15) is 10.1 Å². The molecule has 5 nitrogen and oxygen atoms in total. The number of carbonyl (C=O) groups is 1. The second kappa shape index (κ2) is 9.17. The Balaban J connectivity index is 2.26. The average molecular weight is 367 g/mol.